The Hall–Kier alpha value is -4.14. The molecule has 2 aromatic heterocycles. The maximum absolute atomic E-state index is 14.6. The van der Waals surface area contributed by atoms with E-state index in [2.05, 4.69) is 4.98 Å². The summed E-state index contributed by atoms with van der Waals surface area (Å²) in [6, 6.07) is 11.8. The van der Waals surface area contributed by atoms with Crippen LogP contribution in [0.4, 0.5) is 4.39 Å². The number of aromatic nitrogens is 3. The van der Waals surface area contributed by atoms with Gasteiger partial charge in [0.1, 0.15) is 23.7 Å². The summed E-state index contributed by atoms with van der Waals surface area (Å²) in [5.41, 5.74) is 1.37. The molecule has 0 atom stereocenters. The maximum Gasteiger partial charge on any atom is 0.275 e. The third kappa shape index (κ3) is 3.68. The summed E-state index contributed by atoms with van der Waals surface area (Å²) >= 11 is 0. The van der Waals surface area contributed by atoms with Gasteiger partial charge >= 0.3 is 0 Å². The fourth-order valence-electron chi connectivity index (χ4n) is 4.24. The van der Waals surface area contributed by atoms with E-state index in [-0.39, 0.29) is 23.8 Å². The Balaban J connectivity index is 1.31. The van der Waals surface area contributed by atoms with E-state index in [0.29, 0.717) is 47.5 Å². The average molecular weight is 462 g/mol. The molecule has 34 heavy (non-hydrogen) atoms. The summed E-state index contributed by atoms with van der Waals surface area (Å²) in [5.74, 6) is 0.0298. The summed E-state index contributed by atoms with van der Waals surface area (Å²) in [7, 11) is 1.42. The minimum atomic E-state index is -0.441. The Morgan fingerprint density at radius 2 is 1.88 bits per heavy atom. The molecule has 8 nitrogen and oxygen atoms in total. The predicted molar refractivity (Wildman–Crippen MR) is 124 cm³/mol. The summed E-state index contributed by atoms with van der Waals surface area (Å²) in [4.78, 5) is 31.8. The summed E-state index contributed by atoms with van der Waals surface area (Å²) < 4.78 is 28.7. The molecule has 1 aliphatic rings. The Bertz CT molecular complexity index is 1460. The van der Waals surface area contributed by atoms with Crippen molar-refractivity contribution < 1.29 is 18.7 Å². The lowest BCUT2D eigenvalue weighted by Crippen LogP contribution is -2.46. The van der Waals surface area contributed by atoms with Crippen LogP contribution in [0.2, 0.25) is 0 Å². The van der Waals surface area contributed by atoms with E-state index in [1.165, 1.54) is 11.7 Å². The molecule has 0 bridgehead atoms. The highest BCUT2D eigenvalue weighted by molar-refractivity contribution is 5.93. The standard InChI is InChI=1S/C25H23FN4O4/c1-16-14-29(15-27-16)19-7-8-20-24(31)28(10-11-30(20)25(19)32)12-13-34-21-5-3-4-18-17(21)6-9-22(33-2)23(18)26/h3-9,14-15H,10-13H2,1-2H3. The van der Waals surface area contributed by atoms with E-state index < -0.39 is 5.82 Å². The zero-order valence-electron chi connectivity index (χ0n) is 18.8. The number of ether oxygens (including phenoxy) is 2. The molecule has 0 N–H and O–H groups in total. The van der Waals surface area contributed by atoms with Crippen molar-refractivity contribution in [2.24, 2.45) is 0 Å². The number of hydrogen-bond donors (Lipinski definition) is 0. The fraction of sp³-hybridized carbons (Fsp3) is 0.240. The largest absolute Gasteiger partial charge is 0.494 e. The summed E-state index contributed by atoms with van der Waals surface area (Å²) in [6.45, 7) is 3.20. The second-order valence-electron chi connectivity index (χ2n) is 8.06. The van der Waals surface area contributed by atoms with Crippen LogP contribution >= 0.6 is 0 Å². The number of carbonyl (C=O) groups is 1. The van der Waals surface area contributed by atoms with Crippen molar-refractivity contribution in [3.63, 3.8) is 0 Å². The van der Waals surface area contributed by atoms with E-state index in [1.54, 1.807) is 64.5 Å². The SMILES string of the molecule is COc1ccc2c(OCCN3CCn4c(ccc(-n5cnc(C)c5)c4=O)C3=O)cccc2c1F. The molecular weight excluding hydrogens is 439 g/mol. The van der Waals surface area contributed by atoms with Gasteiger partial charge in [0.15, 0.2) is 11.6 Å². The van der Waals surface area contributed by atoms with E-state index >= 15 is 0 Å². The summed E-state index contributed by atoms with van der Waals surface area (Å²) in [6.07, 6.45) is 3.36. The van der Waals surface area contributed by atoms with Gasteiger partial charge in [0.05, 0.1) is 25.7 Å². The first-order valence-electron chi connectivity index (χ1n) is 10.9. The van der Waals surface area contributed by atoms with Crippen LogP contribution in [0.5, 0.6) is 11.5 Å². The Labute approximate surface area is 194 Å². The third-order valence-corrected chi connectivity index (χ3v) is 6.00. The number of aryl methyl sites for hydroxylation is 1. The third-order valence-electron chi connectivity index (χ3n) is 6.00. The number of amides is 1. The highest BCUT2D eigenvalue weighted by atomic mass is 19.1. The van der Waals surface area contributed by atoms with Crippen molar-refractivity contribution in [1.29, 1.82) is 0 Å². The zero-order valence-corrected chi connectivity index (χ0v) is 18.8. The van der Waals surface area contributed by atoms with Crippen molar-refractivity contribution in [2.75, 3.05) is 26.8 Å². The first-order chi connectivity index (χ1) is 16.5. The Morgan fingerprint density at radius 1 is 1.03 bits per heavy atom. The van der Waals surface area contributed by atoms with Gasteiger partial charge in [0, 0.05) is 30.1 Å². The Morgan fingerprint density at radius 3 is 2.65 bits per heavy atom. The molecule has 0 spiro atoms. The number of halogens is 1. The fourth-order valence-corrected chi connectivity index (χ4v) is 4.24. The second-order valence-corrected chi connectivity index (χ2v) is 8.06. The van der Waals surface area contributed by atoms with Crippen LogP contribution in [0.1, 0.15) is 16.2 Å². The lowest BCUT2D eigenvalue weighted by Gasteiger charge is -2.29. The average Bonchev–Trinajstić information content (AvgIpc) is 3.27. The number of benzene rings is 2. The number of pyridine rings is 1. The van der Waals surface area contributed by atoms with Crippen LogP contribution in [0.15, 0.2) is 59.8 Å². The van der Waals surface area contributed by atoms with Gasteiger partial charge in [-0.2, -0.15) is 0 Å². The minimum Gasteiger partial charge on any atom is -0.494 e. The predicted octanol–water partition coefficient (Wildman–Crippen LogP) is 3.18. The number of rotatable bonds is 6. The smallest absolute Gasteiger partial charge is 0.275 e. The molecule has 0 saturated carbocycles. The molecule has 174 valence electrons. The lowest BCUT2D eigenvalue weighted by atomic mass is 10.1. The molecule has 0 aliphatic carbocycles. The van der Waals surface area contributed by atoms with E-state index in [9.17, 15) is 14.0 Å². The molecule has 0 fully saturated rings. The van der Waals surface area contributed by atoms with E-state index in [0.717, 1.165) is 5.69 Å². The molecule has 1 aliphatic heterocycles. The topological polar surface area (TPSA) is 78.6 Å². The number of nitrogens with zero attached hydrogens (tertiary/aromatic N) is 4. The molecule has 0 saturated heterocycles. The van der Waals surface area contributed by atoms with Crippen LogP contribution < -0.4 is 15.0 Å². The Kier molecular flexibility index (Phi) is 5.53. The highest BCUT2D eigenvalue weighted by Crippen LogP contribution is 2.32. The molecule has 0 radical (unpaired) electrons. The van der Waals surface area contributed by atoms with Crippen LogP contribution in [0.25, 0.3) is 16.5 Å². The van der Waals surface area contributed by atoms with E-state index in [4.69, 9.17) is 9.47 Å². The summed E-state index contributed by atoms with van der Waals surface area (Å²) in [5, 5.41) is 1.04. The number of carbonyl (C=O) groups excluding carboxylic acids is 1. The van der Waals surface area contributed by atoms with Crippen molar-refractivity contribution in [3.05, 3.63) is 82.5 Å². The van der Waals surface area contributed by atoms with Crippen LogP contribution in [-0.4, -0.2) is 51.7 Å². The molecule has 1 amide bonds. The lowest BCUT2D eigenvalue weighted by molar-refractivity contribution is 0.0673. The van der Waals surface area contributed by atoms with Gasteiger partial charge in [-0.25, -0.2) is 9.37 Å². The number of hydrogen-bond acceptors (Lipinski definition) is 5. The van der Waals surface area contributed by atoms with Gasteiger partial charge in [-0.15, -0.1) is 0 Å². The van der Waals surface area contributed by atoms with Gasteiger partial charge in [-0.05, 0) is 37.3 Å². The maximum atomic E-state index is 14.6. The van der Waals surface area contributed by atoms with Crippen molar-refractivity contribution in [1.82, 2.24) is 19.0 Å². The van der Waals surface area contributed by atoms with Crippen LogP contribution in [-0.2, 0) is 6.54 Å². The van der Waals surface area contributed by atoms with E-state index in [1.807, 2.05) is 6.92 Å². The first-order valence-corrected chi connectivity index (χ1v) is 10.9. The number of methoxy groups -OCH3 is 1. The van der Waals surface area contributed by atoms with Gasteiger partial charge in [0.25, 0.3) is 11.5 Å². The molecular formula is C25H23FN4O4. The normalized spacial score (nSPS) is 13.3. The van der Waals surface area contributed by atoms with Gasteiger partial charge in [0.2, 0.25) is 0 Å². The van der Waals surface area contributed by atoms with Gasteiger partial charge < -0.3 is 23.5 Å². The molecule has 9 heteroatoms. The van der Waals surface area contributed by atoms with Crippen LogP contribution in [0, 0.1) is 12.7 Å². The second kappa shape index (κ2) is 8.66. The molecule has 2 aromatic carbocycles. The molecule has 4 aromatic rings. The van der Waals surface area contributed by atoms with Crippen molar-refractivity contribution in [3.8, 4) is 17.2 Å². The monoisotopic (exact) mass is 462 g/mol. The first kappa shape index (κ1) is 21.7. The number of fused-ring (bicyclic) bond motifs is 2. The van der Waals surface area contributed by atoms with Crippen molar-refractivity contribution in [2.45, 2.75) is 13.5 Å². The van der Waals surface area contributed by atoms with Crippen LogP contribution in [0.3, 0.4) is 0 Å². The zero-order chi connectivity index (χ0) is 23.8. The highest BCUT2D eigenvalue weighted by Gasteiger charge is 2.26. The molecule has 3 heterocycles. The number of imidazole rings is 1. The molecule has 0 unspecified atom stereocenters. The minimum absolute atomic E-state index is 0.170. The van der Waals surface area contributed by atoms with Crippen molar-refractivity contribution >= 4 is 16.7 Å². The van der Waals surface area contributed by atoms with Gasteiger partial charge in [-0.1, -0.05) is 12.1 Å². The molecule has 5 rings (SSSR count). The quantitative estimate of drug-likeness (QED) is 0.440. The van der Waals surface area contributed by atoms with Gasteiger partial charge in [-0.3, -0.25) is 9.59 Å².